The predicted octanol–water partition coefficient (Wildman–Crippen LogP) is 0.542. The number of ether oxygens (including phenoxy) is 2. The van der Waals surface area contributed by atoms with Crippen molar-refractivity contribution in [3.63, 3.8) is 0 Å². The van der Waals surface area contributed by atoms with Crippen molar-refractivity contribution in [2.75, 3.05) is 31.7 Å². The topological polar surface area (TPSA) is 120 Å². The summed E-state index contributed by atoms with van der Waals surface area (Å²) in [6, 6.07) is 2.84. The first-order chi connectivity index (χ1) is 10.5. The average Bonchev–Trinajstić information content (AvgIpc) is 2.41. The number of benzene rings is 1. The number of sulfonamides is 1. The number of anilines is 1. The summed E-state index contributed by atoms with van der Waals surface area (Å²) in [4.78, 5) is 12.2. The van der Waals surface area contributed by atoms with Crippen LogP contribution >= 0.6 is 0 Å². The van der Waals surface area contributed by atoms with Crippen LogP contribution in [0.25, 0.3) is 0 Å². The molecule has 1 aromatic rings. The van der Waals surface area contributed by atoms with E-state index in [9.17, 15) is 13.2 Å². The summed E-state index contributed by atoms with van der Waals surface area (Å²) >= 11 is 0. The molecule has 1 amide bonds. The van der Waals surface area contributed by atoms with Gasteiger partial charge in [-0.15, -0.1) is 0 Å². The van der Waals surface area contributed by atoms with Crippen molar-refractivity contribution in [1.82, 2.24) is 5.32 Å². The van der Waals surface area contributed by atoms with Crippen molar-refractivity contribution >= 4 is 21.6 Å². The van der Waals surface area contributed by atoms with Crippen molar-refractivity contribution in [3.8, 4) is 11.5 Å². The third kappa shape index (κ3) is 5.95. The van der Waals surface area contributed by atoms with Crippen LogP contribution in [-0.2, 0) is 10.0 Å². The van der Waals surface area contributed by atoms with Crippen LogP contribution in [0.15, 0.2) is 12.1 Å². The molecule has 0 aliphatic carbocycles. The average molecular weight is 345 g/mol. The Kier molecular flexibility index (Phi) is 5.84. The molecule has 0 fully saturated rings. The van der Waals surface area contributed by atoms with E-state index in [0.29, 0.717) is 0 Å². The summed E-state index contributed by atoms with van der Waals surface area (Å²) in [6.45, 7) is 3.81. The molecule has 0 atom stereocenters. The number of carbonyl (C=O) groups is 1. The molecule has 0 heterocycles. The van der Waals surface area contributed by atoms with E-state index in [2.05, 4.69) is 10.0 Å². The lowest BCUT2D eigenvalue weighted by molar-refractivity contribution is 0.0945. The highest BCUT2D eigenvalue weighted by Crippen LogP contribution is 2.37. The maximum atomic E-state index is 12.2. The minimum absolute atomic E-state index is 0.117. The van der Waals surface area contributed by atoms with Gasteiger partial charge in [-0.2, -0.15) is 0 Å². The Morgan fingerprint density at radius 2 is 1.87 bits per heavy atom. The van der Waals surface area contributed by atoms with Crippen molar-refractivity contribution in [1.29, 1.82) is 0 Å². The van der Waals surface area contributed by atoms with Crippen LogP contribution in [0.3, 0.4) is 0 Å². The lowest BCUT2D eigenvalue weighted by Crippen LogP contribution is -2.45. The molecule has 0 unspecified atom stereocenters. The largest absolute Gasteiger partial charge is 0.493 e. The van der Waals surface area contributed by atoms with Crippen LogP contribution < -0.4 is 25.2 Å². The highest BCUT2D eigenvalue weighted by Gasteiger charge is 2.19. The van der Waals surface area contributed by atoms with Gasteiger partial charge in [0.05, 0.1) is 26.2 Å². The molecular formula is C14H23N3O5S. The first kappa shape index (κ1) is 19.0. The fourth-order valence-electron chi connectivity index (χ4n) is 1.78. The first-order valence-corrected chi connectivity index (χ1v) is 8.67. The van der Waals surface area contributed by atoms with Gasteiger partial charge < -0.3 is 20.5 Å². The van der Waals surface area contributed by atoms with E-state index in [1.807, 2.05) is 0 Å². The van der Waals surface area contributed by atoms with E-state index in [0.717, 1.165) is 6.26 Å². The van der Waals surface area contributed by atoms with Crippen LogP contribution in [-0.4, -0.2) is 46.9 Å². The molecule has 8 nitrogen and oxygen atoms in total. The van der Waals surface area contributed by atoms with Crippen molar-refractivity contribution in [2.45, 2.75) is 19.4 Å². The molecule has 9 heteroatoms. The molecule has 1 rings (SSSR count). The maximum Gasteiger partial charge on any atom is 0.251 e. The molecule has 0 saturated carbocycles. The Hall–Kier alpha value is -2.00. The number of rotatable bonds is 7. The van der Waals surface area contributed by atoms with Gasteiger partial charge in [-0.25, -0.2) is 8.42 Å². The predicted molar refractivity (Wildman–Crippen MR) is 88.6 cm³/mol. The quantitative estimate of drug-likeness (QED) is 0.663. The molecule has 23 heavy (non-hydrogen) atoms. The summed E-state index contributed by atoms with van der Waals surface area (Å²) in [5.41, 5.74) is 5.59. The Balaban J connectivity index is 3.23. The van der Waals surface area contributed by atoms with Gasteiger partial charge in [0.2, 0.25) is 10.0 Å². The van der Waals surface area contributed by atoms with E-state index >= 15 is 0 Å². The zero-order valence-corrected chi connectivity index (χ0v) is 14.7. The Labute approximate surface area is 136 Å². The Bertz CT molecular complexity index is 680. The van der Waals surface area contributed by atoms with Gasteiger partial charge in [0.1, 0.15) is 0 Å². The fraction of sp³-hybridized carbons (Fsp3) is 0.500. The highest BCUT2D eigenvalue weighted by molar-refractivity contribution is 7.92. The van der Waals surface area contributed by atoms with Crippen molar-refractivity contribution < 1.29 is 22.7 Å². The number of hydrogen-bond acceptors (Lipinski definition) is 6. The Morgan fingerprint density at radius 1 is 1.26 bits per heavy atom. The van der Waals surface area contributed by atoms with E-state index < -0.39 is 21.5 Å². The third-order valence-corrected chi connectivity index (χ3v) is 3.33. The molecule has 0 aliphatic rings. The molecule has 0 aromatic heterocycles. The summed E-state index contributed by atoms with van der Waals surface area (Å²) in [7, 11) is -0.777. The molecular weight excluding hydrogens is 322 g/mol. The number of methoxy groups -OCH3 is 2. The molecule has 4 N–H and O–H groups in total. The molecule has 1 aromatic carbocycles. The molecule has 0 radical (unpaired) electrons. The zero-order chi connectivity index (χ0) is 17.8. The van der Waals surface area contributed by atoms with Crippen LogP contribution in [0.5, 0.6) is 11.5 Å². The maximum absolute atomic E-state index is 12.2. The molecule has 130 valence electrons. The van der Waals surface area contributed by atoms with Gasteiger partial charge in [-0.1, -0.05) is 0 Å². The molecule has 0 aliphatic heterocycles. The fourth-order valence-corrected chi connectivity index (χ4v) is 2.33. The summed E-state index contributed by atoms with van der Waals surface area (Å²) in [5, 5.41) is 2.68. The van der Waals surface area contributed by atoms with Gasteiger partial charge in [-0.05, 0) is 26.0 Å². The van der Waals surface area contributed by atoms with E-state index in [1.165, 1.54) is 26.4 Å². The van der Waals surface area contributed by atoms with Crippen molar-refractivity contribution in [2.24, 2.45) is 5.73 Å². The van der Waals surface area contributed by atoms with Gasteiger partial charge >= 0.3 is 0 Å². The second kappa shape index (κ2) is 7.05. The normalized spacial score (nSPS) is 11.7. The first-order valence-electron chi connectivity index (χ1n) is 6.78. The van der Waals surface area contributed by atoms with Crippen LogP contribution in [0.4, 0.5) is 5.69 Å². The van der Waals surface area contributed by atoms with Crippen LogP contribution in [0.1, 0.15) is 24.2 Å². The van der Waals surface area contributed by atoms with Gasteiger partial charge in [0.25, 0.3) is 5.91 Å². The minimum Gasteiger partial charge on any atom is -0.493 e. The highest BCUT2D eigenvalue weighted by atomic mass is 32.2. The molecule has 0 spiro atoms. The number of nitrogens with one attached hydrogen (secondary N) is 2. The van der Waals surface area contributed by atoms with Gasteiger partial charge in [0, 0.05) is 17.6 Å². The standard InChI is InChI=1S/C14H23N3O5S/c1-14(2,15)8-16-13(18)9-6-10(17-23(5,19)20)12(22-4)11(7-9)21-3/h6-7,17H,8,15H2,1-5H3,(H,16,18). The van der Waals surface area contributed by atoms with E-state index in [-0.39, 0.29) is 29.3 Å². The van der Waals surface area contributed by atoms with Crippen LogP contribution in [0.2, 0.25) is 0 Å². The van der Waals surface area contributed by atoms with E-state index in [1.54, 1.807) is 13.8 Å². The lowest BCUT2D eigenvalue weighted by Gasteiger charge is -2.20. The number of amides is 1. The summed E-state index contributed by atoms with van der Waals surface area (Å²) in [6.07, 6.45) is 1.00. The third-order valence-electron chi connectivity index (χ3n) is 2.74. The summed E-state index contributed by atoms with van der Waals surface area (Å²) < 4.78 is 35.6. The number of nitrogens with two attached hydrogens (primary N) is 1. The zero-order valence-electron chi connectivity index (χ0n) is 13.9. The summed E-state index contributed by atoms with van der Waals surface area (Å²) in [5.74, 6) is 0.0213. The monoisotopic (exact) mass is 345 g/mol. The molecule has 0 saturated heterocycles. The van der Waals surface area contributed by atoms with Gasteiger partial charge in [-0.3, -0.25) is 9.52 Å². The smallest absolute Gasteiger partial charge is 0.251 e. The molecule has 0 bridgehead atoms. The van der Waals surface area contributed by atoms with Crippen molar-refractivity contribution in [3.05, 3.63) is 17.7 Å². The second-order valence-corrected chi connectivity index (χ2v) is 7.55. The Morgan fingerprint density at radius 3 is 2.30 bits per heavy atom. The van der Waals surface area contributed by atoms with Crippen LogP contribution in [0, 0.1) is 0 Å². The van der Waals surface area contributed by atoms with E-state index in [4.69, 9.17) is 15.2 Å². The second-order valence-electron chi connectivity index (χ2n) is 5.80. The van der Waals surface area contributed by atoms with Gasteiger partial charge in [0.15, 0.2) is 11.5 Å². The lowest BCUT2D eigenvalue weighted by atomic mass is 10.1. The SMILES string of the molecule is COc1cc(C(=O)NCC(C)(C)N)cc(NS(C)(=O)=O)c1OC. The number of hydrogen-bond donors (Lipinski definition) is 3. The number of carbonyl (C=O) groups excluding carboxylic acids is 1. The minimum atomic E-state index is -3.55.